The first-order valence-electron chi connectivity index (χ1n) is 6.39. The molecule has 4 N–H and O–H groups in total. The third-order valence-electron chi connectivity index (χ3n) is 2.68. The van der Waals surface area contributed by atoms with Crippen LogP contribution >= 0.6 is 0 Å². The quantitative estimate of drug-likeness (QED) is 0.190. The summed E-state index contributed by atoms with van der Waals surface area (Å²) in [5.74, 6) is 0.472. The number of hydrogen-bond donors (Lipinski definition) is 3. The summed E-state index contributed by atoms with van der Waals surface area (Å²) < 4.78 is 0. The minimum atomic E-state index is 0.133. The van der Waals surface area contributed by atoms with E-state index in [-0.39, 0.29) is 17.7 Å². The molecular weight excluding hydrogens is 218 g/mol. The van der Waals surface area contributed by atoms with Crippen molar-refractivity contribution in [1.82, 2.24) is 5.32 Å². The zero-order chi connectivity index (χ0) is 13.1. The third-order valence-corrected chi connectivity index (χ3v) is 2.68. The molecular formula is C12H25N3O2. The van der Waals surface area contributed by atoms with Crippen LogP contribution in [-0.4, -0.2) is 23.5 Å². The van der Waals surface area contributed by atoms with Gasteiger partial charge in [-0.2, -0.15) is 0 Å². The fraction of sp³-hybridized carbons (Fsp3) is 0.833. The Labute approximate surface area is 103 Å². The van der Waals surface area contributed by atoms with Crippen molar-refractivity contribution in [3.05, 3.63) is 0 Å². The van der Waals surface area contributed by atoms with Gasteiger partial charge in [-0.15, -0.1) is 0 Å². The SMILES string of the molecule is CCCC(CCC)C(=O)NCCCC(N)=NO. The van der Waals surface area contributed by atoms with E-state index in [1.165, 1.54) is 0 Å². The van der Waals surface area contributed by atoms with E-state index in [1.807, 2.05) is 0 Å². The molecule has 0 aromatic heterocycles. The smallest absolute Gasteiger partial charge is 0.223 e. The highest BCUT2D eigenvalue weighted by molar-refractivity contribution is 5.80. The molecule has 1 amide bonds. The second-order valence-corrected chi connectivity index (χ2v) is 4.26. The molecule has 0 spiro atoms. The summed E-state index contributed by atoms with van der Waals surface area (Å²) in [5.41, 5.74) is 5.33. The number of oxime groups is 1. The van der Waals surface area contributed by atoms with Gasteiger partial charge < -0.3 is 16.3 Å². The Morgan fingerprint density at radius 1 is 1.35 bits per heavy atom. The molecule has 0 saturated heterocycles. The van der Waals surface area contributed by atoms with E-state index in [0.717, 1.165) is 25.7 Å². The Balaban J connectivity index is 3.81. The molecule has 5 heteroatoms. The third kappa shape index (κ3) is 7.60. The van der Waals surface area contributed by atoms with Gasteiger partial charge in [0.2, 0.25) is 5.91 Å². The molecule has 0 aliphatic carbocycles. The van der Waals surface area contributed by atoms with Crippen LogP contribution in [0.3, 0.4) is 0 Å². The van der Waals surface area contributed by atoms with Crippen molar-refractivity contribution in [3.8, 4) is 0 Å². The first kappa shape index (κ1) is 15.7. The maximum Gasteiger partial charge on any atom is 0.223 e. The van der Waals surface area contributed by atoms with E-state index in [0.29, 0.717) is 19.4 Å². The second kappa shape index (κ2) is 9.93. The van der Waals surface area contributed by atoms with E-state index in [9.17, 15) is 4.79 Å². The molecule has 0 aliphatic heterocycles. The Kier molecular flexibility index (Phi) is 9.19. The number of amides is 1. The van der Waals surface area contributed by atoms with Crippen LogP contribution in [0.4, 0.5) is 0 Å². The van der Waals surface area contributed by atoms with Gasteiger partial charge >= 0.3 is 0 Å². The molecule has 0 atom stereocenters. The van der Waals surface area contributed by atoms with Crippen LogP contribution in [0.1, 0.15) is 52.4 Å². The van der Waals surface area contributed by atoms with Gasteiger partial charge in [-0.1, -0.05) is 31.8 Å². The first-order valence-corrected chi connectivity index (χ1v) is 6.39. The van der Waals surface area contributed by atoms with Crippen molar-refractivity contribution >= 4 is 11.7 Å². The molecule has 0 bridgehead atoms. The van der Waals surface area contributed by atoms with Crippen LogP contribution in [0.25, 0.3) is 0 Å². The van der Waals surface area contributed by atoms with E-state index in [4.69, 9.17) is 10.9 Å². The summed E-state index contributed by atoms with van der Waals surface area (Å²) in [4.78, 5) is 11.8. The number of rotatable bonds is 9. The Morgan fingerprint density at radius 3 is 2.41 bits per heavy atom. The van der Waals surface area contributed by atoms with Gasteiger partial charge in [0.15, 0.2) is 0 Å². The Bertz CT molecular complexity index is 236. The highest BCUT2D eigenvalue weighted by Gasteiger charge is 2.15. The van der Waals surface area contributed by atoms with Gasteiger partial charge in [-0.3, -0.25) is 4.79 Å². The van der Waals surface area contributed by atoms with Crippen molar-refractivity contribution in [3.63, 3.8) is 0 Å². The van der Waals surface area contributed by atoms with Crippen LogP contribution in [0, 0.1) is 5.92 Å². The summed E-state index contributed by atoms with van der Waals surface area (Å²) in [7, 11) is 0. The average molecular weight is 243 g/mol. The zero-order valence-corrected chi connectivity index (χ0v) is 10.9. The van der Waals surface area contributed by atoms with Crippen LogP contribution < -0.4 is 11.1 Å². The van der Waals surface area contributed by atoms with Crippen molar-refractivity contribution in [2.24, 2.45) is 16.8 Å². The minimum absolute atomic E-state index is 0.133. The van der Waals surface area contributed by atoms with Gasteiger partial charge in [0.05, 0.1) is 0 Å². The van der Waals surface area contributed by atoms with Crippen LogP contribution in [-0.2, 0) is 4.79 Å². The zero-order valence-electron chi connectivity index (χ0n) is 10.9. The van der Waals surface area contributed by atoms with Gasteiger partial charge in [0, 0.05) is 18.9 Å². The highest BCUT2D eigenvalue weighted by Crippen LogP contribution is 2.13. The fourth-order valence-electron chi connectivity index (χ4n) is 1.78. The van der Waals surface area contributed by atoms with E-state index < -0.39 is 0 Å². The highest BCUT2D eigenvalue weighted by atomic mass is 16.4. The maximum absolute atomic E-state index is 11.8. The molecule has 0 rings (SSSR count). The predicted molar refractivity (Wildman–Crippen MR) is 69.0 cm³/mol. The van der Waals surface area contributed by atoms with E-state index >= 15 is 0 Å². The first-order chi connectivity index (χ1) is 8.15. The van der Waals surface area contributed by atoms with E-state index in [1.54, 1.807) is 0 Å². The predicted octanol–water partition coefficient (Wildman–Crippen LogP) is 1.85. The molecule has 0 saturated carbocycles. The van der Waals surface area contributed by atoms with Gasteiger partial charge in [-0.25, -0.2) is 0 Å². The fourth-order valence-corrected chi connectivity index (χ4v) is 1.78. The summed E-state index contributed by atoms with van der Waals surface area (Å²) in [6.07, 6.45) is 5.15. The number of amidine groups is 1. The minimum Gasteiger partial charge on any atom is -0.409 e. The Hall–Kier alpha value is -1.26. The molecule has 0 fully saturated rings. The van der Waals surface area contributed by atoms with Crippen LogP contribution in [0.15, 0.2) is 5.16 Å². The van der Waals surface area contributed by atoms with Crippen molar-refractivity contribution in [2.45, 2.75) is 52.4 Å². The summed E-state index contributed by atoms with van der Waals surface area (Å²) in [6, 6.07) is 0. The maximum atomic E-state index is 11.8. The molecule has 0 heterocycles. The average Bonchev–Trinajstić information content (AvgIpc) is 2.33. The molecule has 0 radical (unpaired) electrons. The van der Waals surface area contributed by atoms with E-state index in [2.05, 4.69) is 24.3 Å². The molecule has 17 heavy (non-hydrogen) atoms. The number of hydrogen-bond acceptors (Lipinski definition) is 3. The summed E-state index contributed by atoms with van der Waals surface area (Å²) in [6.45, 7) is 4.77. The molecule has 0 aromatic carbocycles. The van der Waals surface area contributed by atoms with Crippen molar-refractivity contribution in [2.75, 3.05) is 6.54 Å². The number of nitrogens with zero attached hydrogens (tertiary/aromatic N) is 1. The van der Waals surface area contributed by atoms with Gasteiger partial charge in [-0.05, 0) is 19.3 Å². The molecule has 0 unspecified atom stereocenters. The Morgan fingerprint density at radius 2 is 1.94 bits per heavy atom. The van der Waals surface area contributed by atoms with Gasteiger partial charge in [0.25, 0.3) is 0 Å². The number of nitrogens with one attached hydrogen (secondary N) is 1. The van der Waals surface area contributed by atoms with Gasteiger partial charge in [0.1, 0.15) is 5.84 Å². The normalized spacial score (nSPS) is 11.8. The second-order valence-electron chi connectivity index (χ2n) is 4.26. The monoisotopic (exact) mass is 243 g/mol. The topological polar surface area (TPSA) is 87.7 Å². The molecule has 5 nitrogen and oxygen atoms in total. The van der Waals surface area contributed by atoms with Crippen molar-refractivity contribution < 1.29 is 10.0 Å². The lowest BCUT2D eigenvalue weighted by Crippen LogP contribution is -2.32. The lowest BCUT2D eigenvalue weighted by atomic mass is 9.97. The summed E-state index contributed by atoms with van der Waals surface area (Å²) in [5, 5.41) is 14.1. The lowest BCUT2D eigenvalue weighted by Gasteiger charge is -2.14. The lowest BCUT2D eigenvalue weighted by molar-refractivity contribution is -0.125. The van der Waals surface area contributed by atoms with Crippen LogP contribution in [0.2, 0.25) is 0 Å². The molecule has 100 valence electrons. The number of nitrogens with two attached hydrogens (primary N) is 1. The number of carbonyl (C=O) groups is 1. The van der Waals surface area contributed by atoms with Crippen molar-refractivity contribution in [1.29, 1.82) is 0 Å². The summed E-state index contributed by atoms with van der Waals surface area (Å²) >= 11 is 0. The molecule has 0 aliphatic rings. The number of carbonyl (C=O) groups excluding carboxylic acids is 1. The largest absolute Gasteiger partial charge is 0.409 e. The van der Waals surface area contributed by atoms with Crippen LogP contribution in [0.5, 0.6) is 0 Å². The standard InChI is InChI=1S/C12H25N3O2/c1-3-6-10(7-4-2)12(16)14-9-5-8-11(13)15-17/h10,17H,3-9H2,1-2H3,(H2,13,15)(H,14,16). The molecule has 0 aromatic rings.